The highest BCUT2D eigenvalue weighted by molar-refractivity contribution is 5.98. The Bertz CT molecular complexity index is 1590. The third-order valence-electron chi connectivity index (χ3n) is 5.82. The predicted octanol–water partition coefficient (Wildman–Crippen LogP) is 3.23. The molecule has 9 nitrogen and oxygen atoms in total. The summed E-state index contributed by atoms with van der Waals surface area (Å²) >= 11 is 0. The second-order valence-electron chi connectivity index (χ2n) is 7.93. The first-order valence-corrected chi connectivity index (χ1v) is 11.0. The number of rotatable bonds is 7. The molecule has 0 unspecified atom stereocenters. The molecule has 5 rings (SSSR count). The lowest BCUT2D eigenvalue weighted by Gasteiger charge is -2.10. The first-order chi connectivity index (χ1) is 17.1. The van der Waals surface area contributed by atoms with Crippen LogP contribution >= 0.6 is 0 Å². The second kappa shape index (κ2) is 9.30. The van der Waals surface area contributed by atoms with Gasteiger partial charge in [0.25, 0.3) is 11.5 Å². The van der Waals surface area contributed by atoms with E-state index >= 15 is 0 Å². The minimum Gasteiger partial charge on any atom is -0.493 e. The van der Waals surface area contributed by atoms with Crippen molar-refractivity contribution in [3.63, 3.8) is 0 Å². The quantitative estimate of drug-likeness (QED) is 0.379. The Labute approximate surface area is 200 Å². The van der Waals surface area contributed by atoms with Crippen molar-refractivity contribution in [3.05, 3.63) is 88.2 Å². The number of hydrogen-bond donors (Lipinski definition) is 2. The number of ether oxygens (including phenoxy) is 2. The van der Waals surface area contributed by atoms with Gasteiger partial charge in [0.15, 0.2) is 17.1 Å². The molecule has 0 saturated carbocycles. The van der Waals surface area contributed by atoms with Crippen molar-refractivity contribution < 1.29 is 14.3 Å². The summed E-state index contributed by atoms with van der Waals surface area (Å²) in [6.45, 7) is 0.431. The molecular formula is C26H23N5O4. The highest BCUT2D eigenvalue weighted by Crippen LogP contribution is 2.27. The van der Waals surface area contributed by atoms with Crippen molar-refractivity contribution in [2.24, 2.45) is 0 Å². The highest BCUT2D eigenvalue weighted by Gasteiger charge is 2.16. The molecule has 0 saturated heterocycles. The fourth-order valence-electron chi connectivity index (χ4n) is 4.02. The van der Waals surface area contributed by atoms with Crippen LogP contribution in [0.15, 0.2) is 71.5 Å². The van der Waals surface area contributed by atoms with Gasteiger partial charge in [-0.3, -0.25) is 9.59 Å². The maximum atomic E-state index is 12.9. The van der Waals surface area contributed by atoms with Gasteiger partial charge in [0.2, 0.25) is 0 Å². The summed E-state index contributed by atoms with van der Waals surface area (Å²) < 4.78 is 12.2. The molecule has 9 heteroatoms. The molecule has 1 amide bonds. The van der Waals surface area contributed by atoms with E-state index in [1.54, 1.807) is 36.9 Å². The van der Waals surface area contributed by atoms with Crippen LogP contribution in [0.4, 0.5) is 0 Å². The average molecular weight is 470 g/mol. The molecule has 0 aliphatic rings. The number of aromatic amines is 1. The third kappa shape index (κ3) is 4.19. The van der Waals surface area contributed by atoms with E-state index < -0.39 is 0 Å². The molecule has 0 atom stereocenters. The molecule has 2 heterocycles. The van der Waals surface area contributed by atoms with Gasteiger partial charge in [0, 0.05) is 17.7 Å². The zero-order valence-electron chi connectivity index (χ0n) is 19.2. The molecule has 0 aliphatic heterocycles. The van der Waals surface area contributed by atoms with Gasteiger partial charge in [-0.15, -0.1) is 0 Å². The fourth-order valence-corrected chi connectivity index (χ4v) is 4.02. The highest BCUT2D eigenvalue weighted by atomic mass is 16.5. The number of nitrogens with zero attached hydrogens (tertiary/aromatic N) is 3. The molecule has 2 aromatic heterocycles. The van der Waals surface area contributed by atoms with E-state index in [9.17, 15) is 9.59 Å². The van der Waals surface area contributed by atoms with Crippen LogP contribution in [-0.4, -0.2) is 46.5 Å². The van der Waals surface area contributed by atoms with Gasteiger partial charge in [0.05, 0.1) is 25.1 Å². The van der Waals surface area contributed by atoms with Gasteiger partial charge in [-0.2, -0.15) is 10.1 Å². The Balaban J connectivity index is 1.40. The number of carbonyl (C=O) groups excluding carboxylic acids is 1. The van der Waals surface area contributed by atoms with E-state index in [1.165, 1.54) is 0 Å². The van der Waals surface area contributed by atoms with Crippen LogP contribution in [0, 0.1) is 0 Å². The third-order valence-corrected chi connectivity index (χ3v) is 5.82. The zero-order chi connectivity index (χ0) is 24.4. The number of nitrogens with one attached hydrogen (secondary N) is 2. The number of methoxy groups -OCH3 is 2. The van der Waals surface area contributed by atoms with E-state index in [0.29, 0.717) is 52.3 Å². The largest absolute Gasteiger partial charge is 0.493 e. The van der Waals surface area contributed by atoms with Crippen molar-refractivity contribution in [3.8, 4) is 22.8 Å². The molecule has 35 heavy (non-hydrogen) atoms. The standard InChI is InChI=1S/C26H23N5O4/c1-34-21-11-8-16(14-22(21)35-2)12-13-27-25(32)18-9-10-19-20(15-18)31-24(28-26(19)33)23(29-30-31)17-6-4-3-5-7-17/h3-11,14-15,30H,12-13H2,1-2H3,(H,27,32). The smallest absolute Gasteiger partial charge is 0.281 e. The molecule has 2 N–H and O–H groups in total. The average Bonchev–Trinajstić information content (AvgIpc) is 3.32. The van der Waals surface area contributed by atoms with E-state index in [2.05, 4.69) is 20.6 Å². The lowest BCUT2D eigenvalue weighted by molar-refractivity contribution is 0.0954. The van der Waals surface area contributed by atoms with Crippen molar-refractivity contribution in [1.82, 2.24) is 25.1 Å². The van der Waals surface area contributed by atoms with Crippen LogP contribution < -0.4 is 20.3 Å². The summed E-state index contributed by atoms with van der Waals surface area (Å²) in [7, 11) is 3.18. The van der Waals surface area contributed by atoms with Crippen LogP contribution in [-0.2, 0) is 6.42 Å². The van der Waals surface area contributed by atoms with Gasteiger partial charge >= 0.3 is 0 Å². The molecule has 176 valence electrons. The van der Waals surface area contributed by atoms with Crippen LogP contribution in [0.2, 0.25) is 0 Å². The van der Waals surface area contributed by atoms with Gasteiger partial charge in [0.1, 0.15) is 5.69 Å². The molecule has 0 radical (unpaired) electrons. The van der Waals surface area contributed by atoms with Crippen molar-refractivity contribution in [1.29, 1.82) is 0 Å². The van der Waals surface area contributed by atoms with Gasteiger partial charge in [-0.1, -0.05) is 36.4 Å². The van der Waals surface area contributed by atoms with Crippen molar-refractivity contribution in [2.45, 2.75) is 6.42 Å². The Kier molecular flexibility index (Phi) is 5.88. The summed E-state index contributed by atoms with van der Waals surface area (Å²) in [4.78, 5) is 29.8. The number of amides is 1. The minimum atomic E-state index is -0.376. The maximum Gasteiger partial charge on any atom is 0.281 e. The number of benzene rings is 3. The number of aromatic nitrogens is 4. The molecule has 0 fully saturated rings. The second-order valence-corrected chi connectivity index (χ2v) is 7.93. The lowest BCUT2D eigenvalue weighted by Crippen LogP contribution is -2.26. The van der Waals surface area contributed by atoms with Gasteiger partial charge in [-0.25, -0.2) is 9.73 Å². The van der Waals surface area contributed by atoms with Crippen LogP contribution in [0.1, 0.15) is 15.9 Å². The molecule has 0 aliphatic carbocycles. The Morgan fingerprint density at radius 1 is 1.00 bits per heavy atom. The van der Waals surface area contributed by atoms with Gasteiger partial charge in [-0.05, 0) is 42.3 Å². The number of hydrogen-bond acceptors (Lipinski definition) is 6. The Hall–Kier alpha value is -4.66. The number of fused-ring (bicyclic) bond motifs is 3. The van der Waals surface area contributed by atoms with Crippen molar-refractivity contribution >= 4 is 22.5 Å². The summed E-state index contributed by atoms with van der Waals surface area (Å²) in [6, 6.07) is 20.1. The first-order valence-electron chi connectivity index (χ1n) is 11.0. The summed E-state index contributed by atoms with van der Waals surface area (Å²) in [5.74, 6) is 1.05. The SMILES string of the molecule is COc1ccc(CCNC(=O)c2ccc3c(=O)nc4c(-c5ccccc5)n[nH]n4c3c2)cc1OC. The monoisotopic (exact) mass is 469 g/mol. The van der Waals surface area contributed by atoms with E-state index in [1.807, 2.05) is 48.5 Å². The van der Waals surface area contributed by atoms with E-state index in [4.69, 9.17) is 9.47 Å². The van der Waals surface area contributed by atoms with Crippen molar-refractivity contribution in [2.75, 3.05) is 20.8 Å². The molecule has 0 spiro atoms. The Morgan fingerprint density at radius 3 is 2.57 bits per heavy atom. The first kappa shape index (κ1) is 22.1. The minimum absolute atomic E-state index is 0.242. The molecular weight excluding hydrogens is 446 g/mol. The Morgan fingerprint density at radius 2 is 1.80 bits per heavy atom. The molecule has 0 bridgehead atoms. The topological polar surface area (TPSA) is 111 Å². The summed E-state index contributed by atoms with van der Waals surface area (Å²) in [6.07, 6.45) is 0.619. The van der Waals surface area contributed by atoms with Crippen LogP contribution in [0.25, 0.3) is 27.8 Å². The number of H-pyrrole nitrogens is 1. The predicted molar refractivity (Wildman–Crippen MR) is 132 cm³/mol. The normalized spacial score (nSPS) is 11.0. The van der Waals surface area contributed by atoms with Gasteiger partial charge < -0.3 is 14.8 Å². The van der Waals surface area contributed by atoms with Crippen LogP contribution in [0.5, 0.6) is 11.5 Å². The fraction of sp³-hybridized carbons (Fsp3) is 0.154. The molecule has 5 aromatic rings. The molecule has 3 aromatic carbocycles. The lowest BCUT2D eigenvalue weighted by atomic mass is 10.1. The van der Waals surface area contributed by atoms with E-state index in [-0.39, 0.29) is 11.5 Å². The van der Waals surface area contributed by atoms with E-state index in [0.717, 1.165) is 11.1 Å². The number of carbonyl (C=O) groups is 1. The summed E-state index contributed by atoms with van der Waals surface area (Å²) in [5, 5.41) is 10.6. The van der Waals surface area contributed by atoms with Crippen LogP contribution in [0.3, 0.4) is 0 Å². The zero-order valence-corrected chi connectivity index (χ0v) is 19.2. The summed E-state index contributed by atoms with van der Waals surface area (Å²) in [5.41, 5.74) is 3.39. The maximum absolute atomic E-state index is 12.9.